The summed E-state index contributed by atoms with van der Waals surface area (Å²) < 4.78 is 43.1. The average Bonchev–Trinajstić information content (AvgIpc) is 3.23. The molecule has 6 nitrogen and oxygen atoms in total. The van der Waals surface area contributed by atoms with Gasteiger partial charge in [-0.2, -0.15) is 0 Å². The number of rotatable bonds is 6. The molecule has 0 aromatic heterocycles. The van der Waals surface area contributed by atoms with Crippen LogP contribution in [0, 0.1) is 11.6 Å². The Morgan fingerprint density at radius 2 is 1.68 bits per heavy atom. The molecule has 0 atom stereocenters. The van der Waals surface area contributed by atoms with Crippen LogP contribution in [0.5, 0.6) is 17.2 Å². The van der Waals surface area contributed by atoms with Crippen molar-refractivity contribution < 1.29 is 27.8 Å². The number of amides is 2. The predicted octanol–water partition coefficient (Wildman–Crippen LogP) is 4.94. The summed E-state index contributed by atoms with van der Waals surface area (Å²) in [6.45, 7) is 0.642. The summed E-state index contributed by atoms with van der Waals surface area (Å²) in [6.07, 6.45) is 0. The van der Waals surface area contributed by atoms with E-state index in [1.54, 1.807) is 31.4 Å². The molecule has 0 spiro atoms. The third kappa shape index (κ3) is 4.85. The quantitative estimate of drug-likeness (QED) is 0.607. The molecule has 1 aliphatic rings. The lowest BCUT2D eigenvalue weighted by Crippen LogP contribution is -2.34. The first-order valence-corrected chi connectivity index (χ1v) is 9.54. The lowest BCUT2D eigenvalue weighted by molar-refractivity contribution is 0.174. The Hall–Kier alpha value is -3.81. The van der Waals surface area contributed by atoms with Crippen LogP contribution in [0.2, 0.25) is 0 Å². The van der Waals surface area contributed by atoms with Crippen LogP contribution in [0.25, 0.3) is 0 Å². The van der Waals surface area contributed by atoms with Crippen LogP contribution in [0.1, 0.15) is 11.1 Å². The highest BCUT2D eigenvalue weighted by Crippen LogP contribution is 2.33. The summed E-state index contributed by atoms with van der Waals surface area (Å²) >= 11 is 0. The van der Waals surface area contributed by atoms with Crippen LogP contribution in [0.15, 0.2) is 60.7 Å². The van der Waals surface area contributed by atoms with Crippen LogP contribution in [0.3, 0.4) is 0 Å². The van der Waals surface area contributed by atoms with Crippen molar-refractivity contribution in [3.05, 3.63) is 83.4 Å². The van der Waals surface area contributed by atoms with Crippen molar-refractivity contribution in [3.8, 4) is 17.2 Å². The number of methoxy groups -OCH3 is 1. The van der Waals surface area contributed by atoms with E-state index in [0.717, 1.165) is 23.3 Å². The molecule has 1 N–H and O–H groups in total. The first kappa shape index (κ1) is 20.5. The van der Waals surface area contributed by atoms with Crippen LogP contribution in [-0.4, -0.2) is 24.8 Å². The summed E-state index contributed by atoms with van der Waals surface area (Å²) in [6, 6.07) is 15.2. The Labute approximate surface area is 178 Å². The van der Waals surface area contributed by atoms with Crippen LogP contribution in [-0.2, 0) is 13.1 Å². The molecule has 0 bridgehead atoms. The molecule has 3 aromatic carbocycles. The van der Waals surface area contributed by atoms with Crippen molar-refractivity contribution in [2.45, 2.75) is 13.1 Å². The standard InChI is InChI=1S/C23H20F2N2O4/c1-29-18-6-2-15(3-7-18)12-27(13-16-4-9-21-22(10-16)31-14-30-21)23(28)26-20-8-5-17(24)11-19(20)25/h2-11H,12-14H2,1H3,(H,26,28). The van der Waals surface area contributed by atoms with E-state index in [4.69, 9.17) is 14.2 Å². The number of fused-ring (bicyclic) bond motifs is 1. The van der Waals surface area contributed by atoms with Crippen molar-refractivity contribution in [1.29, 1.82) is 0 Å². The highest BCUT2D eigenvalue weighted by atomic mass is 19.1. The maximum Gasteiger partial charge on any atom is 0.322 e. The number of hydrogen-bond donors (Lipinski definition) is 1. The van der Waals surface area contributed by atoms with Gasteiger partial charge in [-0.05, 0) is 47.5 Å². The summed E-state index contributed by atoms with van der Waals surface area (Å²) in [4.78, 5) is 14.5. The minimum atomic E-state index is -0.846. The molecule has 0 saturated heterocycles. The van der Waals surface area contributed by atoms with Crippen LogP contribution < -0.4 is 19.5 Å². The summed E-state index contributed by atoms with van der Waals surface area (Å²) in [5.41, 5.74) is 1.57. The zero-order valence-corrected chi connectivity index (χ0v) is 16.7. The molecule has 8 heteroatoms. The molecule has 0 unspecified atom stereocenters. The van der Waals surface area contributed by atoms with Crippen LogP contribution in [0.4, 0.5) is 19.3 Å². The second kappa shape index (κ2) is 8.91. The molecule has 2 amide bonds. The topological polar surface area (TPSA) is 60.0 Å². The lowest BCUT2D eigenvalue weighted by Gasteiger charge is -2.24. The van der Waals surface area contributed by atoms with Crippen molar-refractivity contribution in [3.63, 3.8) is 0 Å². The maximum absolute atomic E-state index is 14.0. The number of benzene rings is 3. The number of urea groups is 1. The molecule has 4 rings (SSSR count). The third-order valence-electron chi connectivity index (χ3n) is 4.80. The number of hydrogen-bond acceptors (Lipinski definition) is 4. The summed E-state index contributed by atoms with van der Waals surface area (Å²) in [5.74, 6) is 0.380. The van der Waals surface area contributed by atoms with Gasteiger partial charge in [-0.15, -0.1) is 0 Å². The molecule has 160 valence electrons. The number of ether oxygens (including phenoxy) is 3. The van der Waals surface area contributed by atoms with Gasteiger partial charge in [-0.25, -0.2) is 13.6 Å². The molecule has 31 heavy (non-hydrogen) atoms. The number of anilines is 1. The number of nitrogens with one attached hydrogen (secondary N) is 1. The van der Waals surface area contributed by atoms with E-state index in [2.05, 4.69) is 5.32 Å². The Morgan fingerprint density at radius 3 is 2.42 bits per heavy atom. The van der Waals surface area contributed by atoms with E-state index in [1.165, 1.54) is 11.0 Å². The SMILES string of the molecule is COc1ccc(CN(Cc2ccc3c(c2)OCO3)C(=O)Nc2ccc(F)cc2F)cc1. The monoisotopic (exact) mass is 426 g/mol. The Balaban J connectivity index is 1.56. The van der Waals surface area contributed by atoms with Crippen molar-refractivity contribution >= 4 is 11.7 Å². The molecule has 1 heterocycles. The van der Waals surface area contributed by atoms with Gasteiger partial charge in [0.15, 0.2) is 11.5 Å². The van der Waals surface area contributed by atoms with Gasteiger partial charge in [0.2, 0.25) is 6.79 Å². The van der Waals surface area contributed by atoms with Gasteiger partial charge in [-0.1, -0.05) is 18.2 Å². The second-order valence-electron chi connectivity index (χ2n) is 6.95. The van der Waals surface area contributed by atoms with Gasteiger partial charge < -0.3 is 24.4 Å². The fourth-order valence-corrected chi connectivity index (χ4v) is 3.20. The molecule has 0 radical (unpaired) electrons. The summed E-state index contributed by atoms with van der Waals surface area (Å²) in [7, 11) is 1.58. The Kier molecular flexibility index (Phi) is 5.88. The Bertz CT molecular complexity index is 1090. The number of carbonyl (C=O) groups is 1. The highest BCUT2D eigenvalue weighted by Gasteiger charge is 2.19. The smallest absolute Gasteiger partial charge is 0.322 e. The molecular formula is C23H20F2N2O4. The number of halogens is 2. The first-order chi connectivity index (χ1) is 15.0. The lowest BCUT2D eigenvalue weighted by atomic mass is 10.1. The fourth-order valence-electron chi connectivity index (χ4n) is 3.20. The molecule has 1 aliphatic heterocycles. The molecule has 3 aromatic rings. The van der Waals surface area contributed by atoms with Crippen molar-refractivity contribution in [2.24, 2.45) is 0 Å². The van der Waals surface area contributed by atoms with Gasteiger partial charge in [0.1, 0.15) is 17.4 Å². The first-order valence-electron chi connectivity index (χ1n) is 9.54. The molecule has 0 saturated carbocycles. The zero-order valence-electron chi connectivity index (χ0n) is 16.7. The summed E-state index contributed by atoms with van der Waals surface area (Å²) in [5, 5.41) is 2.52. The maximum atomic E-state index is 14.0. The van der Waals surface area contributed by atoms with E-state index < -0.39 is 17.7 Å². The van der Waals surface area contributed by atoms with Gasteiger partial charge in [0, 0.05) is 19.2 Å². The van der Waals surface area contributed by atoms with E-state index >= 15 is 0 Å². The third-order valence-corrected chi connectivity index (χ3v) is 4.80. The second-order valence-corrected chi connectivity index (χ2v) is 6.95. The zero-order chi connectivity index (χ0) is 21.8. The van der Waals surface area contributed by atoms with Gasteiger partial charge in [0.25, 0.3) is 0 Å². The predicted molar refractivity (Wildman–Crippen MR) is 110 cm³/mol. The van der Waals surface area contributed by atoms with E-state index in [9.17, 15) is 13.6 Å². The fraction of sp³-hybridized carbons (Fsp3) is 0.174. The van der Waals surface area contributed by atoms with E-state index in [1.807, 2.05) is 18.2 Å². The van der Waals surface area contributed by atoms with Crippen LogP contribution >= 0.6 is 0 Å². The average molecular weight is 426 g/mol. The molecule has 0 fully saturated rings. The number of carbonyl (C=O) groups excluding carboxylic acids is 1. The normalized spacial score (nSPS) is 11.8. The van der Waals surface area contributed by atoms with Crippen molar-refractivity contribution in [1.82, 2.24) is 4.90 Å². The van der Waals surface area contributed by atoms with Gasteiger partial charge in [-0.3, -0.25) is 0 Å². The minimum Gasteiger partial charge on any atom is -0.497 e. The van der Waals surface area contributed by atoms with Gasteiger partial charge in [0.05, 0.1) is 12.8 Å². The van der Waals surface area contributed by atoms with E-state index in [-0.39, 0.29) is 25.6 Å². The highest BCUT2D eigenvalue weighted by molar-refractivity contribution is 5.89. The Morgan fingerprint density at radius 1 is 0.968 bits per heavy atom. The van der Waals surface area contributed by atoms with Gasteiger partial charge >= 0.3 is 6.03 Å². The molecular weight excluding hydrogens is 406 g/mol. The number of nitrogens with zero attached hydrogens (tertiary/aromatic N) is 1. The van der Waals surface area contributed by atoms with E-state index in [0.29, 0.717) is 17.2 Å². The largest absolute Gasteiger partial charge is 0.497 e. The van der Waals surface area contributed by atoms with Crippen molar-refractivity contribution in [2.75, 3.05) is 19.2 Å². The molecule has 0 aliphatic carbocycles. The minimum absolute atomic E-state index is 0.100.